The van der Waals surface area contributed by atoms with E-state index in [0.717, 1.165) is 30.0 Å². The van der Waals surface area contributed by atoms with Gasteiger partial charge in [-0.05, 0) is 31.0 Å². The van der Waals surface area contributed by atoms with Crippen molar-refractivity contribution in [1.82, 2.24) is 9.62 Å². The SMILES string of the molecule is CCc1ccc(S(=O)(=O)NCC(c2ccc(C)cc2)N2CCOCC2)s1. The van der Waals surface area contributed by atoms with Gasteiger partial charge in [0, 0.05) is 30.6 Å². The number of nitrogens with one attached hydrogen (secondary N) is 1. The quantitative estimate of drug-likeness (QED) is 0.784. The Bertz CT molecular complexity index is 810. The third-order valence-corrected chi connectivity index (χ3v) is 7.81. The molecule has 0 aliphatic carbocycles. The lowest BCUT2D eigenvalue weighted by Crippen LogP contribution is -2.43. The number of ether oxygens (including phenoxy) is 1. The first kappa shape index (κ1) is 19.5. The molecule has 1 saturated heterocycles. The van der Waals surface area contributed by atoms with Gasteiger partial charge in [-0.25, -0.2) is 13.1 Å². The minimum Gasteiger partial charge on any atom is -0.379 e. The van der Waals surface area contributed by atoms with E-state index in [4.69, 9.17) is 4.74 Å². The smallest absolute Gasteiger partial charge is 0.250 e. The third kappa shape index (κ3) is 4.72. The molecule has 2 heterocycles. The van der Waals surface area contributed by atoms with Crippen LogP contribution in [0.3, 0.4) is 0 Å². The highest BCUT2D eigenvalue weighted by molar-refractivity contribution is 7.91. The van der Waals surface area contributed by atoms with Gasteiger partial charge in [0.05, 0.1) is 13.2 Å². The molecular formula is C19H26N2O3S2. The Balaban J connectivity index is 1.77. The lowest BCUT2D eigenvalue weighted by molar-refractivity contribution is 0.0172. The van der Waals surface area contributed by atoms with Gasteiger partial charge in [-0.1, -0.05) is 36.8 Å². The molecule has 142 valence electrons. The number of hydrogen-bond acceptors (Lipinski definition) is 5. The van der Waals surface area contributed by atoms with Gasteiger partial charge in [0.25, 0.3) is 0 Å². The number of thiophene rings is 1. The fraction of sp³-hybridized carbons (Fsp3) is 0.474. The van der Waals surface area contributed by atoms with E-state index in [9.17, 15) is 8.42 Å². The van der Waals surface area contributed by atoms with E-state index in [1.165, 1.54) is 16.9 Å². The van der Waals surface area contributed by atoms with Gasteiger partial charge in [-0.15, -0.1) is 11.3 Å². The molecule has 7 heteroatoms. The summed E-state index contributed by atoms with van der Waals surface area (Å²) in [6.07, 6.45) is 0.847. The summed E-state index contributed by atoms with van der Waals surface area (Å²) in [5.74, 6) is 0. The van der Waals surface area contributed by atoms with Crippen LogP contribution in [0.4, 0.5) is 0 Å². The molecule has 0 amide bonds. The normalized spacial score (nSPS) is 17.3. The molecule has 1 atom stereocenters. The monoisotopic (exact) mass is 394 g/mol. The number of nitrogens with zero attached hydrogens (tertiary/aromatic N) is 1. The van der Waals surface area contributed by atoms with E-state index in [1.54, 1.807) is 6.07 Å². The summed E-state index contributed by atoms with van der Waals surface area (Å²) in [4.78, 5) is 3.37. The van der Waals surface area contributed by atoms with Crippen molar-refractivity contribution in [3.8, 4) is 0 Å². The zero-order valence-electron chi connectivity index (χ0n) is 15.3. The molecule has 0 spiro atoms. The van der Waals surface area contributed by atoms with Crippen LogP contribution >= 0.6 is 11.3 Å². The number of aryl methyl sites for hydroxylation is 2. The molecule has 1 unspecified atom stereocenters. The van der Waals surface area contributed by atoms with Crippen LogP contribution in [-0.4, -0.2) is 46.2 Å². The van der Waals surface area contributed by atoms with Crippen LogP contribution in [-0.2, 0) is 21.2 Å². The summed E-state index contributed by atoms with van der Waals surface area (Å²) in [6, 6.07) is 11.9. The maximum absolute atomic E-state index is 12.7. The molecule has 1 N–H and O–H groups in total. The second-order valence-electron chi connectivity index (χ2n) is 6.50. The molecule has 5 nitrogen and oxygen atoms in total. The van der Waals surface area contributed by atoms with Gasteiger partial charge in [0.1, 0.15) is 4.21 Å². The summed E-state index contributed by atoms with van der Waals surface area (Å²) in [6.45, 7) is 7.41. The van der Waals surface area contributed by atoms with Gasteiger partial charge in [0.15, 0.2) is 0 Å². The van der Waals surface area contributed by atoms with Crippen LogP contribution in [0, 0.1) is 6.92 Å². The molecule has 2 aromatic rings. The predicted molar refractivity (Wildman–Crippen MR) is 105 cm³/mol. The number of hydrogen-bond donors (Lipinski definition) is 1. The zero-order valence-corrected chi connectivity index (χ0v) is 16.9. The Labute approximate surface area is 160 Å². The van der Waals surface area contributed by atoms with Gasteiger partial charge in [0.2, 0.25) is 10.0 Å². The highest BCUT2D eigenvalue weighted by atomic mass is 32.2. The van der Waals surface area contributed by atoms with Crippen molar-refractivity contribution in [3.63, 3.8) is 0 Å². The summed E-state index contributed by atoms with van der Waals surface area (Å²) < 4.78 is 34.0. The first-order valence-corrected chi connectivity index (χ1v) is 11.3. The third-order valence-electron chi connectivity index (χ3n) is 4.67. The second-order valence-corrected chi connectivity index (χ2v) is 9.66. The highest BCUT2D eigenvalue weighted by Gasteiger charge is 2.25. The molecule has 3 rings (SSSR count). The van der Waals surface area contributed by atoms with Gasteiger partial charge in [-0.3, -0.25) is 4.90 Å². The van der Waals surface area contributed by atoms with Crippen molar-refractivity contribution < 1.29 is 13.2 Å². The Morgan fingerprint density at radius 2 is 1.85 bits per heavy atom. The van der Waals surface area contributed by atoms with Crippen molar-refractivity contribution in [2.75, 3.05) is 32.8 Å². The minimum atomic E-state index is -3.49. The summed E-state index contributed by atoms with van der Waals surface area (Å²) >= 11 is 1.34. The van der Waals surface area contributed by atoms with Crippen molar-refractivity contribution >= 4 is 21.4 Å². The average Bonchev–Trinajstić information content (AvgIpc) is 3.14. The van der Waals surface area contributed by atoms with Crippen molar-refractivity contribution in [2.45, 2.75) is 30.5 Å². The fourth-order valence-corrected chi connectivity index (χ4v) is 5.47. The van der Waals surface area contributed by atoms with Gasteiger partial charge in [-0.2, -0.15) is 0 Å². The predicted octanol–water partition coefficient (Wildman–Crippen LogP) is 2.97. The summed E-state index contributed by atoms with van der Waals surface area (Å²) in [7, 11) is -3.49. The van der Waals surface area contributed by atoms with Crippen molar-refractivity contribution in [1.29, 1.82) is 0 Å². The fourth-order valence-electron chi connectivity index (χ4n) is 3.09. The largest absolute Gasteiger partial charge is 0.379 e. The van der Waals surface area contributed by atoms with Crippen molar-refractivity contribution in [3.05, 3.63) is 52.4 Å². The van der Waals surface area contributed by atoms with Crippen molar-refractivity contribution in [2.24, 2.45) is 0 Å². The summed E-state index contributed by atoms with van der Waals surface area (Å²) in [5.41, 5.74) is 2.32. The van der Waals surface area contributed by atoms with E-state index < -0.39 is 10.0 Å². The highest BCUT2D eigenvalue weighted by Crippen LogP contribution is 2.25. The van der Waals surface area contributed by atoms with Crippen LogP contribution in [0.25, 0.3) is 0 Å². The minimum absolute atomic E-state index is 0.000109. The van der Waals surface area contributed by atoms with E-state index in [1.807, 2.05) is 13.0 Å². The van der Waals surface area contributed by atoms with Crippen LogP contribution < -0.4 is 4.72 Å². The Kier molecular flexibility index (Phi) is 6.47. The second kappa shape index (κ2) is 8.63. The van der Waals surface area contributed by atoms with Gasteiger partial charge < -0.3 is 4.74 Å². The maximum Gasteiger partial charge on any atom is 0.250 e. The average molecular weight is 395 g/mol. The Morgan fingerprint density at radius 1 is 1.15 bits per heavy atom. The number of morpholine rings is 1. The topological polar surface area (TPSA) is 58.6 Å². The maximum atomic E-state index is 12.7. The van der Waals surface area contributed by atoms with Crippen LogP contribution in [0.15, 0.2) is 40.6 Å². The molecule has 0 saturated carbocycles. The molecule has 0 radical (unpaired) electrons. The molecule has 1 aliphatic heterocycles. The van der Waals surface area contributed by atoms with E-state index in [0.29, 0.717) is 24.0 Å². The number of rotatable bonds is 7. The van der Waals surface area contributed by atoms with E-state index >= 15 is 0 Å². The number of benzene rings is 1. The Hall–Kier alpha value is -1.25. The Morgan fingerprint density at radius 3 is 2.46 bits per heavy atom. The lowest BCUT2D eigenvalue weighted by Gasteiger charge is -2.34. The van der Waals surface area contributed by atoms with Gasteiger partial charge >= 0.3 is 0 Å². The molecule has 1 fully saturated rings. The lowest BCUT2D eigenvalue weighted by atomic mass is 10.0. The van der Waals surface area contributed by atoms with Crippen LogP contribution in [0.5, 0.6) is 0 Å². The molecule has 1 aromatic heterocycles. The molecular weight excluding hydrogens is 368 g/mol. The van der Waals surface area contributed by atoms with E-state index in [2.05, 4.69) is 40.8 Å². The first-order valence-electron chi connectivity index (χ1n) is 8.96. The van der Waals surface area contributed by atoms with Crippen LogP contribution in [0.1, 0.15) is 29.0 Å². The summed E-state index contributed by atoms with van der Waals surface area (Å²) in [5, 5.41) is 0. The first-order chi connectivity index (χ1) is 12.5. The zero-order chi connectivity index (χ0) is 18.6. The van der Waals surface area contributed by atoms with Crippen LogP contribution in [0.2, 0.25) is 0 Å². The molecule has 1 aliphatic rings. The standard InChI is InChI=1S/C19H26N2O3S2/c1-3-17-8-9-19(25-17)26(22,23)20-14-18(21-10-12-24-13-11-21)16-6-4-15(2)5-7-16/h4-9,18,20H,3,10-14H2,1-2H3. The van der Waals surface area contributed by atoms with E-state index in [-0.39, 0.29) is 6.04 Å². The molecule has 1 aromatic carbocycles. The molecule has 0 bridgehead atoms. The number of sulfonamides is 1. The molecule has 26 heavy (non-hydrogen) atoms.